The molecular weight excluding hydrogens is 386 g/mol. The Morgan fingerprint density at radius 2 is 2.06 bits per heavy atom. The topological polar surface area (TPSA) is 83.0 Å². The number of rotatable bonds is 6. The van der Waals surface area contributed by atoms with Crippen molar-refractivity contribution in [3.05, 3.63) is 53.5 Å². The van der Waals surface area contributed by atoms with Crippen molar-refractivity contribution in [2.24, 2.45) is 16.8 Å². The average Bonchev–Trinajstić information content (AvgIpc) is 3.52. The summed E-state index contributed by atoms with van der Waals surface area (Å²) in [5.41, 5.74) is 5.65. The molecule has 1 saturated carbocycles. The first-order valence-electron chi connectivity index (χ1n) is 11.0. The van der Waals surface area contributed by atoms with E-state index in [9.17, 15) is 4.79 Å². The van der Waals surface area contributed by atoms with Gasteiger partial charge in [-0.25, -0.2) is 9.97 Å². The molecule has 1 unspecified atom stereocenters. The maximum absolute atomic E-state index is 12.5. The van der Waals surface area contributed by atoms with Gasteiger partial charge in [-0.05, 0) is 60.9 Å². The smallest absolute Gasteiger partial charge is 0.227 e. The number of aromatic amines is 1. The second-order valence-corrected chi connectivity index (χ2v) is 8.98. The zero-order valence-corrected chi connectivity index (χ0v) is 18.1. The first kappa shape index (κ1) is 19.7. The van der Waals surface area contributed by atoms with Crippen molar-refractivity contribution in [3.63, 3.8) is 0 Å². The van der Waals surface area contributed by atoms with Gasteiger partial charge in [0.1, 0.15) is 0 Å². The molecule has 2 aromatic heterocycles. The van der Waals surface area contributed by atoms with Gasteiger partial charge < -0.3 is 10.3 Å². The molecule has 1 fully saturated rings. The fraction of sp³-hybridized carbons (Fsp3) is 0.360. The molecule has 31 heavy (non-hydrogen) atoms. The van der Waals surface area contributed by atoms with Crippen LogP contribution >= 0.6 is 0 Å². The average molecular weight is 414 g/mol. The third kappa shape index (κ3) is 4.02. The van der Waals surface area contributed by atoms with Crippen molar-refractivity contribution in [1.29, 1.82) is 0 Å². The van der Waals surface area contributed by atoms with E-state index in [1.54, 1.807) is 6.20 Å². The van der Waals surface area contributed by atoms with E-state index in [0.29, 0.717) is 23.5 Å². The number of hydrogen-bond donors (Lipinski definition) is 2. The molecular formula is C25H27N5O. The van der Waals surface area contributed by atoms with Gasteiger partial charge in [0.25, 0.3) is 0 Å². The number of benzene rings is 1. The van der Waals surface area contributed by atoms with Crippen LogP contribution < -0.4 is 5.32 Å². The highest BCUT2D eigenvalue weighted by Crippen LogP contribution is 2.44. The molecule has 1 aliphatic heterocycles. The lowest BCUT2D eigenvalue weighted by atomic mass is 10.0. The van der Waals surface area contributed by atoms with E-state index >= 15 is 0 Å². The molecule has 158 valence electrons. The summed E-state index contributed by atoms with van der Waals surface area (Å²) in [5.74, 6) is 1.65. The molecule has 2 N–H and O–H groups in total. The number of carbonyl (C=O) groups is 1. The Kier molecular flexibility index (Phi) is 4.93. The molecule has 3 aromatic rings. The molecule has 1 aromatic carbocycles. The molecule has 0 radical (unpaired) electrons. The summed E-state index contributed by atoms with van der Waals surface area (Å²) in [7, 11) is 0. The van der Waals surface area contributed by atoms with Gasteiger partial charge in [-0.2, -0.15) is 0 Å². The second kappa shape index (κ2) is 7.76. The zero-order valence-electron chi connectivity index (χ0n) is 18.1. The molecule has 3 heterocycles. The SMILES string of the molecule is CC1C=NC(c2ccnc(Nc3cc(C4CC4)c4[nH]c(C(=O)C(C)C)cc4c3)n2)=CC1. The highest BCUT2D eigenvalue weighted by atomic mass is 16.1. The summed E-state index contributed by atoms with van der Waals surface area (Å²) in [4.78, 5) is 29.5. The lowest BCUT2D eigenvalue weighted by Gasteiger charge is -2.12. The van der Waals surface area contributed by atoms with Crippen LogP contribution in [0.2, 0.25) is 0 Å². The van der Waals surface area contributed by atoms with Gasteiger partial charge in [0.05, 0.1) is 17.1 Å². The van der Waals surface area contributed by atoms with Crippen molar-refractivity contribution < 1.29 is 4.79 Å². The molecule has 2 aliphatic rings. The predicted octanol–water partition coefficient (Wildman–Crippen LogP) is 5.87. The van der Waals surface area contributed by atoms with E-state index in [2.05, 4.69) is 50.4 Å². The monoisotopic (exact) mass is 413 g/mol. The highest BCUT2D eigenvalue weighted by molar-refractivity contribution is 6.01. The summed E-state index contributed by atoms with van der Waals surface area (Å²) < 4.78 is 0. The third-order valence-corrected chi connectivity index (χ3v) is 5.89. The Hall–Kier alpha value is -3.28. The largest absolute Gasteiger partial charge is 0.352 e. The molecule has 0 spiro atoms. The van der Waals surface area contributed by atoms with Crippen LogP contribution in [0.5, 0.6) is 0 Å². The Bertz CT molecular complexity index is 1220. The van der Waals surface area contributed by atoms with Crippen LogP contribution in [0.15, 0.2) is 41.5 Å². The quantitative estimate of drug-likeness (QED) is 0.495. The normalized spacial score (nSPS) is 18.5. The van der Waals surface area contributed by atoms with E-state index < -0.39 is 0 Å². The van der Waals surface area contributed by atoms with Crippen molar-refractivity contribution in [2.45, 2.75) is 46.0 Å². The number of fused-ring (bicyclic) bond motifs is 1. The van der Waals surface area contributed by atoms with E-state index in [1.807, 2.05) is 32.2 Å². The van der Waals surface area contributed by atoms with Crippen LogP contribution in [-0.4, -0.2) is 26.9 Å². The number of Topliss-reactive ketones (excluding diaryl/α,β-unsaturated/α-hetero) is 1. The van der Waals surface area contributed by atoms with Gasteiger partial charge in [-0.1, -0.05) is 26.8 Å². The minimum absolute atomic E-state index is 0.0362. The molecule has 0 amide bonds. The molecule has 5 rings (SSSR count). The lowest BCUT2D eigenvalue weighted by molar-refractivity contribution is 0.0935. The third-order valence-electron chi connectivity index (χ3n) is 5.89. The van der Waals surface area contributed by atoms with Gasteiger partial charge in [0.15, 0.2) is 5.78 Å². The van der Waals surface area contributed by atoms with Gasteiger partial charge in [-0.15, -0.1) is 0 Å². The molecule has 0 saturated heterocycles. The minimum atomic E-state index is -0.0362. The number of nitrogens with zero attached hydrogens (tertiary/aromatic N) is 3. The number of carbonyl (C=O) groups excluding carboxylic acids is 1. The second-order valence-electron chi connectivity index (χ2n) is 8.98. The summed E-state index contributed by atoms with van der Waals surface area (Å²) in [6.45, 7) is 6.01. The first-order chi connectivity index (χ1) is 15.0. The summed E-state index contributed by atoms with van der Waals surface area (Å²) in [5, 5.41) is 4.41. The number of aromatic nitrogens is 3. The van der Waals surface area contributed by atoms with Crippen molar-refractivity contribution in [2.75, 3.05) is 5.32 Å². The fourth-order valence-corrected chi connectivity index (χ4v) is 3.98. The maximum Gasteiger partial charge on any atom is 0.227 e. The number of anilines is 2. The Balaban J connectivity index is 1.47. The van der Waals surface area contributed by atoms with Gasteiger partial charge in [0, 0.05) is 34.9 Å². The van der Waals surface area contributed by atoms with Gasteiger partial charge in [-0.3, -0.25) is 9.79 Å². The maximum atomic E-state index is 12.5. The fourth-order valence-electron chi connectivity index (χ4n) is 3.98. The van der Waals surface area contributed by atoms with Crippen LogP contribution in [-0.2, 0) is 0 Å². The number of ketones is 1. The van der Waals surface area contributed by atoms with Crippen LogP contribution in [0.25, 0.3) is 16.6 Å². The number of nitrogens with one attached hydrogen (secondary N) is 2. The summed E-state index contributed by atoms with van der Waals surface area (Å²) in [6.07, 6.45) is 9.19. The van der Waals surface area contributed by atoms with Crippen LogP contribution in [0.1, 0.15) is 67.7 Å². The number of allylic oxidation sites excluding steroid dienone is 1. The van der Waals surface area contributed by atoms with E-state index in [1.165, 1.54) is 18.4 Å². The summed E-state index contributed by atoms with van der Waals surface area (Å²) >= 11 is 0. The Morgan fingerprint density at radius 1 is 1.23 bits per heavy atom. The van der Waals surface area contributed by atoms with E-state index in [4.69, 9.17) is 0 Å². The van der Waals surface area contributed by atoms with Crippen molar-refractivity contribution >= 4 is 40.2 Å². The molecule has 6 nitrogen and oxygen atoms in total. The van der Waals surface area contributed by atoms with Crippen LogP contribution in [0.4, 0.5) is 11.6 Å². The zero-order chi connectivity index (χ0) is 21.5. The highest BCUT2D eigenvalue weighted by Gasteiger charge is 2.27. The lowest BCUT2D eigenvalue weighted by Crippen LogP contribution is -2.07. The Labute approximate surface area is 181 Å². The number of H-pyrrole nitrogens is 1. The standard InChI is InChI=1S/C25H27N5O/c1-14(2)24(31)22-11-17-10-18(12-19(16-5-6-16)23(17)29-22)28-25-26-9-8-21(30-25)20-7-4-15(3)13-27-20/h7-16,29H,4-6H2,1-3H3,(H,26,28,30). The molecule has 6 heteroatoms. The number of aliphatic imine (C=N–C) groups is 1. The minimum Gasteiger partial charge on any atom is -0.352 e. The summed E-state index contributed by atoms with van der Waals surface area (Å²) in [6, 6.07) is 8.08. The Morgan fingerprint density at radius 3 is 2.77 bits per heavy atom. The van der Waals surface area contributed by atoms with E-state index in [0.717, 1.165) is 34.4 Å². The van der Waals surface area contributed by atoms with Gasteiger partial charge in [0.2, 0.25) is 5.95 Å². The molecule has 1 atom stereocenters. The predicted molar refractivity (Wildman–Crippen MR) is 125 cm³/mol. The van der Waals surface area contributed by atoms with Crippen molar-refractivity contribution in [3.8, 4) is 0 Å². The molecule has 0 bridgehead atoms. The van der Waals surface area contributed by atoms with Crippen LogP contribution in [0, 0.1) is 11.8 Å². The number of hydrogen-bond acceptors (Lipinski definition) is 5. The molecule has 1 aliphatic carbocycles. The van der Waals surface area contributed by atoms with Crippen LogP contribution in [0.3, 0.4) is 0 Å². The van der Waals surface area contributed by atoms with E-state index in [-0.39, 0.29) is 11.7 Å². The van der Waals surface area contributed by atoms with Gasteiger partial charge >= 0.3 is 0 Å². The first-order valence-corrected chi connectivity index (χ1v) is 11.0. The van der Waals surface area contributed by atoms with Crippen molar-refractivity contribution in [1.82, 2.24) is 15.0 Å².